The van der Waals surface area contributed by atoms with Gasteiger partial charge in [0, 0.05) is 10.4 Å². The molecule has 1 unspecified atom stereocenters. The molecule has 0 fully saturated rings. The fraction of sp³-hybridized carbons (Fsp3) is 0.500. The Hall–Kier alpha value is -0.340. The van der Waals surface area contributed by atoms with Gasteiger partial charge < -0.3 is 0 Å². The largest absolute Gasteiger partial charge is 0.298 e. The third-order valence-electron chi connectivity index (χ3n) is 2.67. The van der Waals surface area contributed by atoms with Crippen LogP contribution in [0.25, 0.3) is 0 Å². The van der Waals surface area contributed by atoms with E-state index in [2.05, 4.69) is 15.9 Å². The summed E-state index contributed by atoms with van der Waals surface area (Å²) in [6.07, 6.45) is 0.677. The van der Waals surface area contributed by atoms with E-state index in [1.807, 2.05) is 45.9 Å². The van der Waals surface area contributed by atoms with E-state index in [4.69, 9.17) is 11.6 Å². The molecule has 1 aromatic carbocycles. The first-order chi connectivity index (χ1) is 7.71. The molecule has 3 heteroatoms. The van der Waals surface area contributed by atoms with Crippen molar-refractivity contribution in [3.05, 3.63) is 34.3 Å². The molecule has 0 amide bonds. The van der Waals surface area contributed by atoms with Gasteiger partial charge in [-0.05, 0) is 30.5 Å². The van der Waals surface area contributed by atoms with Crippen LogP contribution in [0.1, 0.15) is 31.9 Å². The standard InChI is InChI=1S/C14H18BrClO/c1-9-5-6-10(8-12(9)16)7-11(15)13(17)14(2,3)4/h5-6,8,11H,7H2,1-4H3. The minimum Gasteiger partial charge on any atom is -0.298 e. The van der Waals surface area contributed by atoms with Gasteiger partial charge in [0.05, 0.1) is 4.83 Å². The smallest absolute Gasteiger partial charge is 0.152 e. The van der Waals surface area contributed by atoms with E-state index in [-0.39, 0.29) is 16.0 Å². The van der Waals surface area contributed by atoms with Crippen LogP contribution < -0.4 is 0 Å². The van der Waals surface area contributed by atoms with E-state index in [0.717, 1.165) is 16.1 Å². The molecule has 0 spiro atoms. The highest BCUT2D eigenvalue weighted by Gasteiger charge is 2.27. The lowest BCUT2D eigenvalue weighted by molar-refractivity contribution is -0.125. The highest BCUT2D eigenvalue weighted by atomic mass is 79.9. The summed E-state index contributed by atoms with van der Waals surface area (Å²) in [5.41, 5.74) is 1.83. The predicted octanol–water partition coefficient (Wildman–Crippen LogP) is 4.57. The summed E-state index contributed by atoms with van der Waals surface area (Å²) in [7, 11) is 0. The van der Waals surface area contributed by atoms with Crippen molar-refractivity contribution in [1.29, 1.82) is 0 Å². The lowest BCUT2D eigenvalue weighted by atomic mass is 9.87. The topological polar surface area (TPSA) is 17.1 Å². The summed E-state index contributed by atoms with van der Waals surface area (Å²) in [6.45, 7) is 7.78. The van der Waals surface area contributed by atoms with Crippen molar-refractivity contribution >= 4 is 33.3 Å². The fourth-order valence-corrected chi connectivity index (χ4v) is 2.80. The van der Waals surface area contributed by atoms with Crippen LogP contribution in [-0.2, 0) is 11.2 Å². The van der Waals surface area contributed by atoms with Gasteiger partial charge in [0.2, 0.25) is 0 Å². The quantitative estimate of drug-likeness (QED) is 0.746. The number of rotatable bonds is 3. The van der Waals surface area contributed by atoms with E-state index in [0.29, 0.717) is 6.42 Å². The number of halogens is 2. The molecule has 0 radical (unpaired) electrons. The first-order valence-corrected chi connectivity index (χ1v) is 6.94. The molecule has 0 saturated carbocycles. The molecule has 0 aliphatic rings. The zero-order chi connectivity index (χ0) is 13.2. The first-order valence-electron chi connectivity index (χ1n) is 5.65. The van der Waals surface area contributed by atoms with Gasteiger partial charge in [0.25, 0.3) is 0 Å². The van der Waals surface area contributed by atoms with E-state index in [1.165, 1.54) is 0 Å². The maximum Gasteiger partial charge on any atom is 0.152 e. The Labute approximate surface area is 117 Å². The van der Waals surface area contributed by atoms with Crippen LogP contribution in [0.2, 0.25) is 5.02 Å². The first kappa shape index (κ1) is 14.7. The second-order valence-corrected chi connectivity index (χ2v) is 6.88. The van der Waals surface area contributed by atoms with Gasteiger partial charge in [-0.2, -0.15) is 0 Å². The maximum atomic E-state index is 12.0. The molecule has 0 aliphatic carbocycles. The van der Waals surface area contributed by atoms with Gasteiger partial charge in [-0.25, -0.2) is 0 Å². The van der Waals surface area contributed by atoms with Crippen LogP contribution in [0.3, 0.4) is 0 Å². The average molecular weight is 318 g/mol. The minimum atomic E-state index is -0.317. The minimum absolute atomic E-state index is 0.152. The average Bonchev–Trinajstić information content (AvgIpc) is 2.21. The molecule has 1 aromatic rings. The summed E-state index contributed by atoms with van der Waals surface area (Å²) in [5, 5.41) is 0.755. The number of carbonyl (C=O) groups is 1. The maximum absolute atomic E-state index is 12.0. The van der Waals surface area contributed by atoms with Crippen molar-refractivity contribution in [2.75, 3.05) is 0 Å². The number of ketones is 1. The summed E-state index contributed by atoms with van der Waals surface area (Å²) in [6, 6.07) is 5.94. The number of aryl methyl sites for hydroxylation is 1. The SMILES string of the molecule is Cc1ccc(CC(Br)C(=O)C(C)(C)C)cc1Cl. The number of hydrogen-bond acceptors (Lipinski definition) is 1. The molecular weight excluding hydrogens is 300 g/mol. The molecule has 1 nitrogen and oxygen atoms in total. The highest BCUT2D eigenvalue weighted by Crippen LogP contribution is 2.25. The van der Waals surface area contributed by atoms with Gasteiger partial charge in [-0.3, -0.25) is 4.79 Å². The Morgan fingerprint density at radius 3 is 2.47 bits per heavy atom. The Bertz CT molecular complexity index is 421. The van der Waals surface area contributed by atoms with Crippen LogP contribution in [-0.4, -0.2) is 10.6 Å². The Kier molecular flexibility index (Phi) is 4.79. The normalized spacial score (nSPS) is 13.5. The molecule has 1 atom stereocenters. The molecule has 0 saturated heterocycles. The molecule has 0 N–H and O–H groups in total. The van der Waals surface area contributed by atoms with Gasteiger partial charge in [-0.15, -0.1) is 0 Å². The number of benzene rings is 1. The number of Topliss-reactive ketones (excluding diaryl/α,β-unsaturated/α-hetero) is 1. The van der Waals surface area contributed by atoms with Crippen LogP contribution in [0.15, 0.2) is 18.2 Å². The van der Waals surface area contributed by atoms with Crippen molar-refractivity contribution in [2.45, 2.75) is 38.9 Å². The molecule has 94 valence electrons. The van der Waals surface area contributed by atoms with Gasteiger partial charge in [-0.1, -0.05) is 60.4 Å². The van der Waals surface area contributed by atoms with Crippen molar-refractivity contribution in [3.8, 4) is 0 Å². The van der Waals surface area contributed by atoms with Crippen molar-refractivity contribution in [2.24, 2.45) is 5.41 Å². The van der Waals surface area contributed by atoms with Crippen molar-refractivity contribution in [1.82, 2.24) is 0 Å². The molecule has 0 bridgehead atoms. The van der Waals surface area contributed by atoms with E-state index in [1.54, 1.807) is 0 Å². The third-order valence-corrected chi connectivity index (χ3v) is 3.82. The van der Waals surface area contributed by atoms with Gasteiger partial charge >= 0.3 is 0 Å². The summed E-state index contributed by atoms with van der Waals surface area (Å²) < 4.78 is 0. The molecular formula is C14H18BrClO. The zero-order valence-corrected chi connectivity index (χ0v) is 13.0. The van der Waals surface area contributed by atoms with Crippen LogP contribution in [0, 0.1) is 12.3 Å². The van der Waals surface area contributed by atoms with Crippen LogP contribution >= 0.6 is 27.5 Å². The Morgan fingerprint density at radius 2 is 2.00 bits per heavy atom. The van der Waals surface area contributed by atoms with Crippen LogP contribution in [0.5, 0.6) is 0 Å². The second kappa shape index (κ2) is 5.53. The highest BCUT2D eigenvalue weighted by molar-refractivity contribution is 9.10. The van der Waals surface area contributed by atoms with Crippen molar-refractivity contribution in [3.63, 3.8) is 0 Å². The fourth-order valence-electron chi connectivity index (χ4n) is 1.53. The van der Waals surface area contributed by atoms with Crippen molar-refractivity contribution < 1.29 is 4.79 Å². The summed E-state index contributed by atoms with van der Waals surface area (Å²) in [5.74, 6) is 0.217. The lowest BCUT2D eigenvalue weighted by Crippen LogP contribution is -2.30. The van der Waals surface area contributed by atoms with E-state index >= 15 is 0 Å². The second-order valence-electron chi connectivity index (χ2n) is 5.37. The molecule has 17 heavy (non-hydrogen) atoms. The van der Waals surface area contributed by atoms with Crippen LogP contribution in [0.4, 0.5) is 0 Å². The summed E-state index contributed by atoms with van der Waals surface area (Å²) in [4.78, 5) is 11.9. The predicted molar refractivity (Wildman–Crippen MR) is 77.1 cm³/mol. The Morgan fingerprint density at radius 1 is 1.41 bits per heavy atom. The van der Waals surface area contributed by atoms with E-state index in [9.17, 15) is 4.79 Å². The molecule has 0 heterocycles. The number of hydrogen-bond donors (Lipinski definition) is 0. The van der Waals surface area contributed by atoms with Gasteiger partial charge in [0.15, 0.2) is 5.78 Å². The molecule has 0 aliphatic heterocycles. The van der Waals surface area contributed by atoms with Gasteiger partial charge in [0.1, 0.15) is 0 Å². The monoisotopic (exact) mass is 316 g/mol. The summed E-state index contributed by atoms with van der Waals surface area (Å²) >= 11 is 9.53. The third kappa shape index (κ3) is 4.11. The number of carbonyl (C=O) groups excluding carboxylic acids is 1. The van der Waals surface area contributed by atoms with E-state index < -0.39 is 0 Å². The number of alkyl halides is 1. The molecule has 1 rings (SSSR count). The Balaban J connectivity index is 2.78. The zero-order valence-electron chi connectivity index (χ0n) is 10.7. The molecule has 0 aromatic heterocycles. The lowest BCUT2D eigenvalue weighted by Gasteiger charge is -2.20.